The summed E-state index contributed by atoms with van der Waals surface area (Å²) in [6, 6.07) is 16.4. The molecule has 2 fully saturated rings. The standard InChI is InChI=1S/C27H31O5P/c1-19-4-6-21(7-5-19)12-15-26(28)31-24-14-13-23-25(17-29-27(23)24)32-30-16-2-3-20-8-10-22(18-33)11-9-20/h2-12,15,23-25,27H,13-14,16-18,33H2,1H3/b3-2+,15-12+. The lowest BCUT2D eigenvalue weighted by atomic mass is 10.0. The Bertz CT molecular complexity index is 967. The second kappa shape index (κ2) is 11.7. The van der Waals surface area contributed by atoms with Crippen LogP contribution in [0.4, 0.5) is 0 Å². The van der Waals surface area contributed by atoms with Gasteiger partial charge in [0.05, 0.1) is 6.61 Å². The predicted molar refractivity (Wildman–Crippen MR) is 132 cm³/mol. The molecule has 4 rings (SSSR count). The van der Waals surface area contributed by atoms with Gasteiger partial charge in [0.25, 0.3) is 0 Å². The van der Waals surface area contributed by atoms with Crippen molar-refractivity contribution in [3.8, 4) is 0 Å². The van der Waals surface area contributed by atoms with Crippen molar-refractivity contribution in [2.45, 2.75) is 44.2 Å². The number of ether oxygens (including phenoxy) is 2. The van der Waals surface area contributed by atoms with Crippen LogP contribution in [0.25, 0.3) is 12.2 Å². The van der Waals surface area contributed by atoms with E-state index < -0.39 is 0 Å². The summed E-state index contributed by atoms with van der Waals surface area (Å²) in [5.74, 6) is -0.173. The Hall–Kier alpha value is -2.30. The summed E-state index contributed by atoms with van der Waals surface area (Å²) in [7, 11) is 2.72. The molecule has 5 nitrogen and oxygen atoms in total. The molecule has 0 N–H and O–H groups in total. The van der Waals surface area contributed by atoms with E-state index in [0.717, 1.165) is 30.1 Å². The summed E-state index contributed by atoms with van der Waals surface area (Å²) >= 11 is 0. The molecule has 5 unspecified atom stereocenters. The minimum atomic E-state index is -0.346. The lowest BCUT2D eigenvalue weighted by molar-refractivity contribution is -0.321. The Labute approximate surface area is 197 Å². The zero-order chi connectivity index (χ0) is 23.0. The molecular weight excluding hydrogens is 435 g/mol. The van der Waals surface area contributed by atoms with Gasteiger partial charge in [-0.1, -0.05) is 66.2 Å². The van der Waals surface area contributed by atoms with Gasteiger partial charge in [0.15, 0.2) is 0 Å². The van der Waals surface area contributed by atoms with E-state index in [-0.39, 0.29) is 30.2 Å². The molecule has 1 aliphatic carbocycles. The Balaban J connectivity index is 1.19. The van der Waals surface area contributed by atoms with Crippen LogP contribution in [0.5, 0.6) is 0 Å². The van der Waals surface area contributed by atoms with Gasteiger partial charge in [-0.05, 0) is 48.7 Å². The maximum Gasteiger partial charge on any atom is 0.331 e. The van der Waals surface area contributed by atoms with Gasteiger partial charge in [0.1, 0.15) is 24.9 Å². The number of hydrogen-bond acceptors (Lipinski definition) is 5. The highest BCUT2D eigenvalue weighted by Crippen LogP contribution is 2.39. The van der Waals surface area contributed by atoms with Crippen LogP contribution in [0.1, 0.15) is 35.1 Å². The van der Waals surface area contributed by atoms with Gasteiger partial charge < -0.3 is 9.47 Å². The fourth-order valence-corrected chi connectivity index (χ4v) is 4.56. The van der Waals surface area contributed by atoms with Gasteiger partial charge in [-0.3, -0.25) is 0 Å². The van der Waals surface area contributed by atoms with Crippen LogP contribution in [0, 0.1) is 12.8 Å². The molecule has 2 aliphatic rings. The minimum absolute atomic E-state index is 0.138. The highest BCUT2D eigenvalue weighted by molar-refractivity contribution is 7.15. The molecule has 1 heterocycles. The van der Waals surface area contributed by atoms with Crippen LogP contribution in [-0.4, -0.2) is 37.5 Å². The summed E-state index contributed by atoms with van der Waals surface area (Å²) in [5.41, 5.74) is 4.57. The maximum absolute atomic E-state index is 12.3. The van der Waals surface area contributed by atoms with E-state index in [1.54, 1.807) is 6.08 Å². The predicted octanol–water partition coefficient (Wildman–Crippen LogP) is 5.13. The van der Waals surface area contributed by atoms with Gasteiger partial charge in [0, 0.05) is 12.0 Å². The molecule has 1 aliphatic heterocycles. The average Bonchev–Trinajstić information content (AvgIpc) is 3.42. The number of hydrogen-bond donors (Lipinski definition) is 0. The molecule has 0 spiro atoms. The smallest absolute Gasteiger partial charge is 0.331 e. The third kappa shape index (κ3) is 6.61. The largest absolute Gasteiger partial charge is 0.456 e. The first-order chi connectivity index (χ1) is 16.1. The van der Waals surface area contributed by atoms with E-state index in [1.165, 1.54) is 17.2 Å². The van der Waals surface area contributed by atoms with E-state index in [2.05, 4.69) is 33.5 Å². The minimum Gasteiger partial charge on any atom is -0.456 e. The summed E-state index contributed by atoms with van der Waals surface area (Å²) in [4.78, 5) is 23.3. The first-order valence-corrected chi connectivity index (χ1v) is 12.2. The average molecular weight is 467 g/mol. The second-order valence-corrected chi connectivity index (χ2v) is 8.93. The molecule has 5 atom stereocenters. The first-order valence-electron chi connectivity index (χ1n) is 11.4. The Morgan fingerprint density at radius 2 is 1.76 bits per heavy atom. The third-order valence-electron chi connectivity index (χ3n) is 6.14. The number of esters is 1. The molecule has 2 aromatic rings. The third-order valence-corrected chi connectivity index (χ3v) is 6.61. The Kier molecular flexibility index (Phi) is 8.46. The number of rotatable bonds is 9. The number of aryl methyl sites for hydroxylation is 1. The number of benzene rings is 2. The van der Waals surface area contributed by atoms with Crippen LogP contribution in [-0.2, 0) is 30.2 Å². The van der Waals surface area contributed by atoms with Crippen molar-refractivity contribution in [1.82, 2.24) is 0 Å². The fraction of sp³-hybridized carbons (Fsp3) is 0.370. The van der Waals surface area contributed by atoms with Crippen LogP contribution in [0.15, 0.2) is 60.7 Å². The van der Waals surface area contributed by atoms with Crippen molar-refractivity contribution in [3.05, 3.63) is 82.9 Å². The normalized spacial score (nSPS) is 24.5. The Morgan fingerprint density at radius 3 is 2.52 bits per heavy atom. The van der Waals surface area contributed by atoms with Gasteiger partial charge in [0.2, 0.25) is 0 Å². The van der Waals surface area contributed by atoms with Crippen LogP contribution in [0.3, 0.4) is 0 Å². The highest BCUT2D eigenvalue weighted by Gasteiger charge is 2.49. The summed E-state index contributed by atoms with van der Waals surface area (Å²) in [5, 5.41) is 0. The fourth-order valence-electron chi connectivity index (χ4n) is 4.29. The van der Waals surface area contributed by atoms with E-state index in [4.69, 9.17) is 19.2 Å². The maximum atomic E-state index is 12.3. The summed E-state index contributed by atoms with van der Waals surface area (Å²) in [6.45, 7) is 2.84. The SMILES string of the molecule is Cc1ccc(/C=C/C(=O)OC2CCC3C(OOC/C=C/c4ccc(CP)cc4)COC23)cc1. The quantitative estimate of drug-likeness (QED) is 0.128. The highest BCUT2D eigenvalue weighted by atomic mass is 31.0. The molecule has 1 saturated carbocycles. The van der Waals surface area contributed by atoms with Crippen molar-refractivity contribution in [3.63, 3.8) is 0 Å². The molecule has 0 aromatic heterocycles. The topological polar surface area (TPSA) is 54.0 Å². The van der Waals surface area contributed by atoms with E-state index in [0.29, 0.717) is 13.2 Å². The first kappa shape index (κ1) is 23.8. The van der Waals surface area contributed by atoms with Crippen LogP contribution in [0.2, 0.25) is 0 Å². The van der Waals surface area contributed by atoms with Crippen molar-refractivity contribution in [1.29, 1.82) is 0 Å². The van der Waals surface area contributed by atoms with Crippen LogP contribution < -0.4 is 0 Å². The zero-order valence-electron chi connectivity index (χ0n) is 18.9. The molecule has 0 radical (unpaired) electrons. The summed E-state index contributed by atoms with van der Waals surface area (Å²) < 4.78 is 11.6. The number of carbonyl (C=O) groups excluding carboxylic acids is 1. The molecule has 174 valence electrons. The van der Waals surface area contributed by atoms with Crippen LogP contribution >= 0.6 is 9.24 Å². The van der Waals surface area contributed by atoms with E-state index in [9.17, 15) is 4.79 Å². The molecule has 1 saturated heterocycles. The van der Waals surface area contributed by atoms with E-state index in [1.807, 2.05) is 43.3 Å². The van der Waals surface area contributed by atoms with Crippen molar-refractivity contribution < 1.29 is 24.0 Å². The molecule has 0 amide bonds. The van der Waals surface area contributed by atoms with Gasteiger partial charge in [-0.25, -0.2) is 14.6 Å². The second-order valence-electron chi connectivity index (χ2n) is 8.53. The Morgan fingerprint density at radius 1 is 1.03 bits per heavy atom. The molecular formula is C27H31O5P. The lowest BCUT2D eigenvalue weighted by Gasteiger charge is -2.18. The molecule has 0 bridgehead atoms. The molecule has 2 aromatic carbocycles. The van der Waals surface area contributed by atoms with Crippen molar-refractivity contribution >= 4 is 27.4 Å². The van der Waals surface area contributed by atoms with E-state index >= 15 is 0 Å². The van der Waals surface area contributed by atoms with Crippen molar-refractivity contribution in [2.24, 2.45) is 5.92 Å². The van der Waals surface area contributed by atoms with Crippen molar-refractivity contribution in [2.75, 3.05) is 13.2 Å². The molecule has 33 heavy (non-hydrogen) atoms. The van der Waals surface area contributed by atoms with Gasteiger partial charge in [-0.15, -0.1) is 9.24 Å². The monoisotopic (exact) mass is 466 g/mol. The number of carbonyl (C=O) groups is 1. The van der Waals surface area contributed by atoms with Gasteiger partial charge >= 0.3 is 5.97 Å². The lowest BCUT2D eigenvalue weighted by Crippen LogP contribution is -2.30. The zero-order valence-corrected chi connectivity index (χ0v) is 20.0. The molecule has 6 heteroatoms. The summed E-state index contributed by atoms with van der Waals surface area (Å²) in [6.07, 6.45) is 9.28. The number of fused-ring (bicyclic) bond motifs is 1. The van der Waals surface area contributed by atoms with Gasteiger partial charge in [-0.2, -0.15) is 0 Å².